The second-order valence-electron chi connectivity index (χ2n) is 6.55. The molecule has 120 valence electrons. The van der Waals surface area contributed by atoms with Crippen LogP contribution in [0.5, 0.6) is 5.75 Å². The van der Waals surface area contributed by atoms with Gasteiger partial charge < -0.3 is 14.7 Å². The van der Waals surface area contributed by atoms with E-state index in [1.54, 1.807) is 6.07 Å². The molecular formula is C17H29ClNO2+. The molecular weight excluding hydrogens is 286 g/mol. The summed E-state index contributed by atoms with van der Waals surface area (Å²) in [6.07, 6.45) is -0.478. The summed E-state index contributed by atoms with van der Waals surface area (Å²) in [7, 11) is 0. The van der Waals surface area contributed by atoms with Crippen LogP contribution in [-0.4, -0.2) is 37.5 Å². The predicted octanol–water partition coefficient (Wildman–Crippen LogP) is 2.28. The zero-order valence-corrected chi connectivity index (χ0v) is 14.4. The minimum atomic E-state index is -0.478. The van der Waals surface area contributed by atoms with Gasteiger partial charge in [-0.15, -0.1) is 0 Å². The molecule has 3 nitrogen and oxygen atoms in total. The molecule has 0 heterocycles. The van der Waals surface area contributed by atoms with E-state index in [0.717, 1.165) is 13.1 Å². The molecule has 0 amide bonds. The number of benzene rings is 1. The molecule has 0 aliphatic rings. The van der Waals surface area contributed by atoms with Crippen LogP contribution in [0.2, 0.25) is 5.02 Å². The minimum Gasteiger partial charge on any atom is -0.489 e. The summed E-state index contributed by atoms with van der Waals surface area (Å²) in [6.45, 7) is 12.0. The lowest BCUT2D eigenvalue weighted by Crippen LogP contribution is -3.14. The highest BCUT2D eigenvalue weighted by atomic mass is 35.5. The Morgan fingerprint density at radius 3 is 2.14 bits per heavy atom. The van der Waals surface area contributed by atoms with E-state index in [-0.39, 0.29) is 6.61 Å². The van der Waals surface area contributed by atoms with Gasteiger partial charge >= 0.3 is 0 Å². The molecule has 1 atom stereocenters. The van der Waals surface area contributed by atoms with Gasteiger partial charge in [0.05, 0.1) is 18.1 Å². The van der Waals surface area contributed by atoms with E-state index in [9.17, 15) is 5.11 Å². The number of aliphatic hydroxyl groups is 1. The average molecular weight is 315 g/mol. The van der Waals surface area contributed by atoms with Crippen molar-refractivity contribution in [1.29, 1.82) is 0 Å². The lowest BCUT2D eigenvalue weighted by molar-refractivity contribution is -0.909. The molecule has 21 heavy (non-hydrogen) atoms. The highest BCUT2D eigenvalue weighted by Gasteiger charge is 2.18. The molecule has 2 N–H and O–H groups in total. The van der Waals surface area contributed by atoms with E-state index in [2.05, 4.69) is 27.7 Å². The number of hydrogen-bond donors (Lipinski definition) is 2. The molecule has 4 heteroatoms. The third-order valence-corrected chi connectivity index (χ3v) is 3.50. The lowest BCUT2D eigenvalue weighted by atomic mass is 10.1. The fourth-order valence-corrected chi connectivity index (χ4v) is 2.73. The molecule has 0 bridgehead atoms. The molecule has 1 aromatic carbocycles. The maximum absolute atomic E-state index is 10.2. The first-order chi connectivity index (χ1) is 9.88. The summed E-state index contributed by atoms with van der Waals surface area (Å²) in [6, 6.07) is 7.35. The Morgan fingerprint density at radius 1 is 1.05 bits per heavy atom. The van der Waals surface area contributed by atoms with Crippen molar-refractivity contribution in [3.8, 4) is 5.75 Å². The Kier molecular flexibility index (Phi) is 8.09. The molecule has 0 spiro atoms. The fourth-order valence-electron chi connectivity index (χ4n) is 2.54. The van der Waals surface area contributed by atoms with Crippen molar-refractivity contribution < 1.29 is 14.7 Å². The van der Waals surface area contributed by atoms with E-state index < -0.39 is 6.10 Å². The number of rotatable bonds is 9. The van der Waals surface area contributed by atoms with Crippen LogP contribution in [0.25, 0.3) is 0 Å². The summed E-state index contributed by atoms with van der Waals surface area (Å²) in [5.74, 6) is 1.87. The van der Waals surface area contributed by atoms with Gasteiger partial charge in [0.1, 0.15) is 25.0 Å². The van der Waals surface area contributed by atoms with Gasteiger partial charge in [-0.05, 0) is 12.1 Å². The van der Waals surface area contributed by atoms with Crippen molar-refractivity contribution in [2.45, 2.75) is 33.8 Å². The van der Waals surface area contributed by atoms with Gasteiger partial charge in [-0.2, -0.15) is 0 Å². The minimum absolute atomic E-state index is 0.281. The fraction of sp³-hybridized carbons (Fsp3) is 0.647. The second kappa shape index (κ2) is 9.29. The summed E-state index contributed by atoms with van der Waals surface area (Å²) >= 11 is 6.04. The topological polar surface area (TPSA) is 33.9 Å². The van der Waals surface area contributed by atoms with Crippen LogP contribution in [0.15, 0.2) is 24.3 Å². The molecule has 1 aromatic rings. The van der Waals surface area contributed by atoms with Crippen molar-refractivity contribution in [2.75, 3.05) is 26.2 Å². The first-order valence-corrected chi connectivity index (χ1v) is 8.15. The first-order valence-electron chi connectivity index (χ1n) is 7.77. The lowest BCUT2D eigenvalue weighted by Gasteiger charge is -2.25. The predicted molar refractivity (Wildman–Crippen MR) is 88.2 cm³/mol. The SMILES string of the molecule is CC(C)C[NH+](CC(C)C)C[C@@H](O)COc1ccccc1Cl. The van der Waals surface area contributed by atoms with E-state index in [1.807, 2.05) is 18.2 Å². The van der Waals surface area contributed by atoms with Crippen molar-refractivity contribution >= 4 is 11.6 Å². The van der Waals surface area contributed by atoms with Crippen LogP contribution in [0.3, 0.4) is 0 Å². The molecule has 0 unspecified atom stereocenters. The second-order valence-corrected chi connectivity index (χ2v) is 6.95. The monoisotopic (exact) mass is 314 g/mol. The van der Waals surface area contributed by atoms with Crippen LogP contribution in [0, 0.1) is 11.8 Å². The Bertz CT molecular complexity index is 400. The van der Waals surface area contributed by atoms with Gasteiger partial charge in [0, 0.05) is 11.8 Å². The molecule has 0 aliphatic carbocycles. The van der Waals surface area contributed by atoms with Gasteiger partial charge in [-0.1, -0.05) is 51.4 Å². The van der Waals surface area contributed by atoms with Crippen molar-refractivity contribution in [2.24, 2.45) is 11.8 Å². The Balaban J connectivity index is 2.46. The molecule has 0 radical (unpaired) electrons. The number of para-hydroxylation sites is 1. The Hall–Kier alpha value is -0.770. The average Bonchev–Trinajstić information content (AvgIpc) is 2.36. The van der Waals surface area contributed by atoms with Crippen molar-refractivity contribution in [3.05, 3.63) is 29.3 Å². The molecule has 0 saturated carbocycles. The highest BCUT2D eigenvalue weighted by molar-refractivity contribution is 6.32. The molecule has 0 aromatic heterocycles. The van der Waals surface area contributed by atoms with Crippen molar-refractivity contribution in [1.82, 2.24) is 0 Å². The van der Waals surface area contributed by atoms with Crippen LogP contribution in [0.1, 0.15) is 27.7 Å². The Labute approximate surface area is 133 Å². The van der Waals surface area contributed by atoms with E-state index in [1.165, 1.54) is 4.90 Å². The van der Waals surface area contributed by atoms with Gasteiger partial charge in [-0.3, -0.25) is 0 Å². The third-order valence-electron chi connectivity index (χ3n) is 3.19. The standard InChI is InChI=1S/C17H28ClNO2/c1-13(2)9-19(10-14(3)4)11-15(20)12-21-17-8-6-5-7-16(17)18/h5-8,13-15,20H,9-12H2,1-4H3/p+1/t15-/m1/s1. The number of ether oxygens (including phenoxy) is 1. The molecule has 0 saturated heterocycles. The van der Waals surface area contributed by atoms with Gasteiger partial charge in [0.25, 0.3) is 0 Å². The number of hydrogen-bond acceptors (Lipinski definition) is 2. The quantitative estimate of drug-likeness (QED) is 0.733. The smallest absolute Gasteiger partial charge is 0.138 e. The molecule has 0 fully saturated rings. The zero-order chi connectivity index (χ0) is 15.8. The zero-order valence-electron chi connectivity index (χ0n) is 13.6. The van der Waals surface area contributed by atoms with E-state index >= 15 is 0 Å². The Morgan fingerprint density at radius 2 is 1.62 bits per heavy atom. The molecule has 0 aliphatic heterocycles. The van der Waals surface area contributed by atoms with Gasteiger partial charge in [0.15, 0.2) is 0 Å². The number of nitrogens with one attached hydrogen (secondary N) is 1. The molecule has 1 rings (SSSR count). The van der Waals surface area contributed by atoms with Gasteiger partial charge in [0.2, 0.25) is 0 Å². The van der Waals surface area contributed by atoms with Crippen LogP contribution >= 0.6 is 11.6 Å². The third kappa shape index (κ3) is 7.70. The van der Waals surface area contributed by atoms with Crippen LogP contribution < -0.4 is 9.64 Å². The van der Waals surface area contributed by atoms with Crippen LogP contribution in [0.4, 0.5) is 0 Å². The van der Waals surface area contributed by atoms with E-state index in [4.69, 9.17) is 16.3 Å². The van der Waals surface area contributed by atoms with Gasteiger partial charge in [-0.25, -0.2) is 0 Å². The summed E-state index contributed by atoms with van der Waals surface area (Å²) in [5.41, 5.74) is 0. The number of aliphatic hydroxyl groups excluding tert-OH is 1. The van der Waals surface area contributed by atoms with Crippen LogP contribution in [-0.2, 0) is 0 Å². The highest BCUT2D eigenvalue weighted by Crippen LogP contribution is 2.22. The first kappa shape index (κ1) is 18.3. The number of quaternary nitrogens is 1. The number of halogens is 1. The largest absolute Gasteiger partial charge is 0.489 e. The van der Waals surface area contributed by atoms with Crippen molar-refractivity contribution in [3.63, 3.8) is 0 Å². The maximum Gasteiger partial charge on any atom is 0.138 e. The van der Waals surface area contributed by atoms with E-state index in [0.29, 0.717) is 29.2 Å². The summed E-state index contributed by atoms with van der Waals surface area (Å²) in [5, 5.41) is 10.8. The summed E-state index contributed by atoms with van der Waals surface area (Å²) in [4.78, 5) is 1.43. The maximum atomic E-state index is 10.2. The normalized spacial score (nSPS) is 13.2. The summed E-state index contributed by atoms with van der Waals surface area (Å²) < 4.78 is 5.61.